The minimum absolute atomic E-state index is 0.273. The molecule has 6 heteroatoms. The van der Waals surface area contributed by atoms with Crippen molar-refractivity contribution < 1.29 is 4.39 Å². The first kappa shape index (κ1) is 14.0. The van der Waals surface area contributed by atoms with Gasteiger partial charge in [0.05, 0.1) is 12.1 Å². The summed E-state index contributed by atoms with van der Waals surface area (Å²) in [6.45, 7) is 5.11. The number of nitrogens with zero attached hydrogens (tertiary/aromatic N) is 3. The predicted molar refractivity (Wildman–Crippen MR) is 73.2 cm³/mol. The molecule has 0 fully saturated rings. The third kappa shape index (κ3) is 2.93. The Morgan fingerprint density at radius 2 is 2.11 bits per heavy atom. The summed E-state index contributed by atoms with van der Waals surface area (Å²) >= 11 is 5.76. The number of rotatable bonds is 4. The zero-order valence-corrected chi connectivity index (χ0v) is 11.7. The number of benzene rings is 1. The molecule has 2 aromatic rings. The highest BCUT2D eigenvalue weighted by molar-refractivity contribution is 6.30. The Morgan fingerprint density at radius 3 is 2.68 bits per heavy atom. The summed E-state index contributed by atoms with van der Waals surface area (Å²) in [5, 5.41) is 8.42. The molecule has 0 saturated carbocycles. The molecule has 0 aliphatic rings. The second kappa shape index (κ2) is 5.67. The van der Waals surface area contributed by atoms with Gasteiger partial charge in [-0.3, -0.25) is 0 Å². The van der Waals surface area contributed by atoms with Crippen LogP contribution in [0.2, 0.25) is 5.02 Å². The molecule has 0 radical (unpaired) electrons. The zero-order valence-electron chi connectivity index (χ0n) is 10.9. The standard InChI is InChI=1S/C13H16ClFN4/c1-8(2)7-19-12(6-16)17-18-13(19)10-4-3-9(14)5-11(10)15/h3-5,8H,6-7,16H2,1-2H3. The van der Waals surface area contributed by atoms with Gasteiger partial charge in [0.25, 0.3) is 0 Å². The summed E-state index contributed by atoms with van der Waals surface area (Å²) in [4.78, 5) is 0. The maximum atomic E-state index is 14.0. The van der Waals surface area contributed by atoms with Gasteiger partial charge in [0, 0.05) is 11.6 Å². The summed E-state index contributed by atoms with van der Waals surface area (Å²) in [6.07, 6.45) is 0. The van der Waals surface area contributed by atoms with Gasteiger partial charge in [-0.15, -0.1) is 10.2 Å². The average molecular weight is 283 g/mol. The van der Waals surface area contributed by atoms with E-state index in [1.54, 1.807) is 12.1 Å². The summed E-state index contributed by atoms with van der Waals surface area (Å²) in [5.74, 6) is 1.12. The number of aromatic nitrogens is 3. The van der Waals surface area contributed by atoms with Crippen LogP contribution < -0.4 is 5.73 Å². The molecule has 102 valence electrons. The lowest BCUT2D eigenvalue weighted by molar-refractivity contribution is 0.509. The van der Waals surface area contributed by atoms with Gasteiger partial charge < -0.3 is 10.3 Å². The van der Waals surface area contributed by atoms with Crippen molar-refractivity contribution in [3.8, 4) is 11.4 Å². The molecule has 1 heterocycles. The first-order chi connectivity index (χ1) is 9.02. The highest BCUT2D eigenvalue weighted by atomic mass is 35.5. The lowest BCUT2D eigenvalue weighted by Crippen LogP contribution is -2.13. The van der Waals surface area contributed by atoms with Crippen LogP contribution in [0, 0.1) is 11.7 Å². The van der Waals surface area contributed by atoms with Crippen molar-refractivity contribution in [3.63, 3.8) is 0 Å². The van der Waals surface area contributed by atoms with E-state index in [0.717, 1.165) is 0 Å². The third-order valence-electron chi connectivity index (χ3n) is 2.73. The van der Waals surface area contributed by atoms with Crippen molar-refractivity contribution in [2.75, 3.05) is 0 Å². The van der Waals surface area contributed by atoms with Crippen LogP contribution in [-0.2, 0) is 13.1 Å². The number of hydrogen-bond donors (Lipinski definition) is 1. The van der Waals surface area contributed by atoms with Crippen molar-refractivity contribution in [2.45, 2.75) is 26.9 Å². The zero-order chi connectivity index (χ0) is 14.0. The average Bonchev–Trinajstić information content (AvgIpc) is 2.71. The Labute approximate surface area is 116 Å². The molecule has 4 nitrogen and oxygen atoms in total. The third-order valence-corrected chi connectivity index (χ3v) is 2.96. The fourth-order valence-electron chi connectivity index (χ4n) is 1.91. The lowest BCUT2D eigenvalue weighted by atomic mass is 10.1. The van der Waals surface area contributed by atoms with Crippen molar-refractivity contribution in [1.29, 1.82) is 0 Å². The van der Waals surface area contributed by atoms with Gasteiger partial charge >= 0.3 is 0 Å². The van der Waals surface area contributed by atoms with E-state index in [0.29, 0.717) is 34.7 Å². The first-order valence-electron chi connectivity index (χ1n) is 6.10. The quantitative estimate of drug-likeness (QED) is 0.938. The Balaban J connectivity index is 2.52. The number of nitrogens with two attached hydrogens (primary N) is 1. The Morgan fingerprint density at radius 1 is 1.37 bits per heavy atom. The molecule has 0 aliphatic heterocycles. The fraction of sp³-hybridized carbons (Fsp3) is 0.385. The van der Waals surface area contributed by atoms with Gasteiger partial charge in [-0.1, -0.05) is 25.4 Å². The molecule has 19 heavy (non-hydrogen) atoms. The SMILES string of the molecule is CC(C)Cn1c(CN)nnc1-c1ccc(Cl)cc1F. The Hall–Kier alpha value is -1.46. The van der Waals surface area contributed by atoms with E-state index in [1.807, 2.05) is 4.57 Å². The molecular formula is C13H16ClFN4. The Bertz CT molecular complexity index is 580. The van der Waals surface area contributed by atoms with Crippen molar-refractivity contribution in [1.82, 2.24) is 14.8 Å². The first-order valence-corrected chi connectivity index (χ1v) is 6.48. The number of hydrogen-bond acceptors (Lipinski definition) is 3. The fourth-order valence-corrected chi connectivity index (χ4v) is 2.07. The van der Waals surface area contributed by atoms with Crippen LogP contribution in [-0.4, -0.2) is 14.8 Å². The summed E-state index contributed by atoms with van der Waals surface area (Å²) in [5.41, 5.74) is 6.03. The number of halogens is 2. The van der Waals surface area contributed by atoms with Crippen molar-refractivity contribution in [2.24, 2.45) is 11.7 Å². The lowest BCUT2D eigenvalue weighted by Gasteiger charge is -2.12. The minimum atomic E-state index is -0.409. The molecule has 1 aromatic carbocycles. The Kier molecular flexibility index (Phi) is 4.17. The van der Waals surface area contributed by atoms with E-state index in [-0.39, 0.29) is 6.54 Å². The molecule has 0 atom stereocenters. The highest BCUT2D eigenvalue weighted by Crippen LogP contribution is 2.25. The van der Waals surface area contributed by atoms with Crippen molar-refractivity contribution >= 4 is 11.6 Å². The summed E-state index contributed by atoms with van der Waals surface area (Å²) in [6, 6.07) is 4.52. The van der Waals surface area contributed by atoms with Gasteiger partial charge in [-0.05, 0) is 24.1 Å². The van der Waals surface area contributed by atoms with Gasteiger partial charge in [0.2, 0.25) is 0 Å². The smallest absolute Gasteiger partial charge is 0.166 e. The van der Waals surface area contributed by atoms with Gasteiger partial charge in [0.15, 0.2) is 5.82 Å². The molecule has 2 N–H and O–H groups in total. The maximum Gasteiger partial charge on any atom is 0.166 e. The van der Waals surface area contributed by atoms with E-state index >= 15 is 0 Å². The van der Waals surface area contributed by atoms with Crippen LogP contribution in [0.3, 0.4) is 0 Å². The van der Waals surface area contributed by atoms with Gasteiger partial charge in [0.1, 0.15) is 11.6 Å². The molecule has 0 spiro atoms. The predicted octanol–water partition coefficient (Wildman–Crippen LogP) is 2.85. The van der Waals surface area contributed by atoms with Crippen LogP contribution in [0.1, 0.15) is 19.7 Å². The minimum Gasteiger partial charge on any atom is -0.324 e. The molecule has 1 aromatic heterocycles. The van der Waals surface area contributed by atoms with Crippen LogP contribution in [0.4, 0.5) is 4.39 Å². The van der Waals surface area contributed by atoms with Crippen LogP contribution in [0.5, 0.6) is 0 Å². The van der Waals surface area contributed by atoms with Crippen LogP contribution >= 0.6 is 11.6 Å². The maximum absolute atomic E-state index is 14.0. The monoisotopic (exact) mass is 282 g/mol. The second-order valence-corrected chi connectivity index (χ2v) is 5.21. The molecule has 0 aliphatic carbocycles. The molecular weight excluding hydrogens is 267 g/mol. The second-order valence-electron chi connectivity index (χ2n) is 4.77. The van der Waals surface area contributed by atoms with Crippen LogP contribution in [0.15, 0.2) is 18.2 Å². The summed E-state index contributed by atoms with van der Waals surface area (Å²) < 4.78 is 15.8. The summed E-state index contributed by atoms with van der Waals surface area (Å²) in [7, 11) is 0. The largest absolute Gasteiger partial charge is 0.324 e. The molecule has 0 saturated heterocycles. The highest BCUT2D eigenvalue weighted by Gasteiger charge is 2.17. The van der Waals surface area contributed by atoms with Gasteiger partial charge in [-0.2, -0.15) is 0 Å². The van der Waals surface area contributed by atoms with Crippen LogP contribution in [0.25, 0.3) is 11.4 Å². The van der Waals surface area contributed by atoms with E-state index in [1.165, 1.54) is 6.07 Å². The molecule has 0 unspecified atom stereocenters. The molecule has 2 rings (SSSR count). The van der Waals surface area contributed by atoms with Crippen molar-refractivity contribution in [3.05, 3.63) is 34.9 Å². The van der Waals surface area contributed by atoms with E-state index in [9.17, 15) is 4.39 Å². The van der Waals surface area contributed by atoms with E-state index in [4.69, 9.17) is 17.3 Å². The topological polar surface area (TPSA) is 56.7 Å². The van der Waals surface area contributed by atoms with E-state index < -0.39 is 5.82 Å². The van der Waals surface area contributed by atoms with Gasteiger partial charge in [-0.25, -0.2) is 4.39 Å². The molecule has 0 bridgehead atoms. The molecule has 0 amide bonds. The van der Waals surface area contributed by atoms with E-state index in [2.05, 4.69) is 24.0 Å². The normalized spacial score (nSPS) is 11.3.